The lowest BCUT2D eigenvalue weighted by Gasteiger charge is -2.40. The summed E-state index contributed by atoms with van der Waals surface area (Å²) in [5.74, 6) is 1.49. The van der Waals surface area contributed by atoms with Crippen molar-refractivity contribution < 1.29 is 14.1 Å². The maximum atomic E-state index is 13.1. The van der Waals surface area contributed by atoms with E-state index in [1.807, 2.05) is 24.0 Å². The van der Waals surface area contributed by atoms with Crippen molar-refractivity contribution in [1.29, 1.82) is 0 Å². The Morgan fingerprint density at radius 2 is 2.00 bits per heavy atom. The molecule has 0 saturated carbocycles. The van der Waals surface area contributed by atoms with Gasteiger partial charge < -0.3 is 14.2 Å². The van der Waals surface area contributed by atoms with Crippen LogP contribution in [0.15, 0.2) is 46.0 Å². The van der Waals surface area contributed by atoms with E-state index in [1.165, 1.54) is 30.4 Å². The predicted octanol–water partition coefficient (Wildman–Crippen LogP) is 4.32. The zero-order chi connectivity index (χ0) is 18.8. The van der Waals surface area contributed by atoms with E-state index in [9.17, 15) is 4.79 Å². The van der Waals surface area contributed by atoms with Crippen molar-refractivity contribution in [3.8, 4) is 5.75 Å². The average molecular weight is 366 g/mol. The Balaban J connectivity index is 1.64. The third kappa shape index (κ3) is 3.64. The number of aryl methyl sites for hydroxylation is 1. The molecule has 1 atom stereocenters. The van der Waals surface area contributed by atoms with Crippen LogP contribution in [-0.4, -0.2) is 35.7 Å². The first-order valence-electron chi connectivity index (χ1n) is 9.73. The molecular formula is C22H26N2O3. The summed E-state index contributed by atoms with van der Waals surface area (Å²) in [4.78, 5) is 15.2. The molecule has 142 valence electrons. The minimum atomic E-state index is -0.0255. The summed E-state index contributed by atoms with van der Waals surface area (Å²) in [6.45, 7) is 2.57. The highest BCUT2D eigenvalue weighted by atomic mass is 16.5. The minimum absolute atomic E-state index is 0.0255. The van der Waals surface area contributed by atoms with Gasteiger partial charge in [-0.15, -0.1) is 0 Å². The van der Waals surface area contributed by atoms with E-state index >= 15 is 0 Å². The molecule has 0 radical (unpaired) electrons. The number of hydrogen-bond acceptors (Lipinski definition) is 4. The molecule has 27 heavy (non-hydrogen) atoms. The zero-order valence-corrected chi connectivity index (χ0v) is 16.0. The summed E-state index contributed by atoms with van der Waals surface area (Å²) in [7, 11) is 1.68. The molecule has 1 amide bonds. The van der Waals surface area contributed by atoms with Gasteiger partial charge in [0.15, 0.2) is 5.69 Å². The molecule has 0 spiro atoms. The smallest absolute Gasteiger partial charge is 0.276 e. The van der Waals surface area contributed by atoms with Crippen LogP contribution in [0.2, 0.25) is 0 Å². The van der Waals surface area contributed by atoms with E-state index in [0.29, 0.717) is 11.5 Å². The van der Waals surface area contributed by atoms with E-state index < -0.39 is 0 Å². The Hall–Kier alpha value is -2.56. The second kappa shape index (κ2) is 7.59. The van der Waals surface area contributed by atoms with E-state index in [2.05, 4.69) is 17.3 Å². The highest BCUT2D eigenvalue weighted by Crippen LogP contribution is 2.37. The molecule has 1 aromatic carbocycles. The molecule has 0 fully saturated rings. The second-order valence-corrected chi connectivity index (χ2v) is 7.48. The number of rotatable bonds is 4. The lowest BCUT2D eigenvalue weighted by atomic mass is 9.80. The molecule has 1 aromatic heterocycles. The molecule has 5 nitrogen and oxygen atoms in total. The van der Waals surface area contributed by atoms with Crippen LogP contribution in [0.25, 0.3) is 0 Å². The topological polar surface area (TPSA) is 55.6 Å². The van der Waals surface area contributed by atoms with Gasteiger partial charge >= 0.3 is 0 Å². The monoisotopic (exact) mass is 366 g/mol. The van der Waals surface area contributed by atoms with Gasteiger partial charge in [0, 0.05) is 12.6 Å². The van der Waals surface area contributed by atoms with Gasteiger partial charge in [-0.2, -0.15) is 0 Å². The van der Waals surface area contributed by atoms with Crippen molar-refractivity contribution >= 4 is 5.91 Å². The summed E-state index contributed by atoms with van der Waals surface area (Å²) in [6.07, 6.45) is 6.56. The molecule has 0 unspecified atom stereocenters. The van der Waals surface area contributed by atoms with Crippen molar-refractivity contribution in [3.63, 3.8) is 0 Å². The van der Waals surface area contributed by atoms with Gasteiger partial charge in [-0.3, -0.25) is 4.79 Å². The maximum absolute atomic E-state index is 13.1. The van der Waals surface area contributed by atoms with Gasteiger partial charge in [-0.25, -0.2) is 0 Å². The number of ether oxygens (including phenoxy) is 1. The molecular weight excluding hydrogens is 340 g/mol. The first kappa shape index (κ1) is 17.8. The Bertz CT molecular complexity index is 851. The van der Waals surface area contributed by atoms with Crippen LogP contribution < -0.4 is 4.74 Å². The van der Waals surface area contributed by atoms with E-state index in [4.69, 9.17) is 9.26 Å². The molecule has 2 aromatic rings. The fourth-order valence-electron chi connectivity index (χ4n) is 4.35. The lowest BCUT2D eigenvalue weighted by Crippen LogP contribution is -2.47. The number of carbonyl (C=O) groups excluding carboxylic acids is 1. The lowest BCUT2D eigenvalue weighted by molar-refractivity contribution is 0.0674. The van der Waals surface area contributed by atoms with Crippen LogP contribution in [0.5, 0.6) is 5.75 Å². The SMILES string of the molecule is COc1ccc(C[C@@H]2C3=C(CCCC3)CCN2C(=O)c2cc(C)on2)cc1. The van der Waals surface area contributed by atoms with Gasteiger partial charge in [-0.05, 0) is 68.7 Å². The summed E-state index contributed by atoms with van der Waals surface area (Å²) < 4.78 is 10.4. The number of methoxy groups -OCH3 is 1. The fraction of sp³-hybridized carbons (Fsp3) is 0.455. The largest absolute Gasteiger partial charge is 0.497 e. The fourth-order valence-corrected chi connectivity index (χ4v) is 4.35. The van der Waals surface area contributed by atoms with Gasteiger partial charge in [0.2, 0.25) is 0 Å². The van der Waals surface area contributed by atoms with Crippen LogP contribution in [0.1, 0.15) is 53.9 Å². The number of aromatic nitrogens is 1. The highest BCUT2D eigenvalue weighted by molar-refractivity contribution is 5.93. The number of carbonyl (C=O) groups is 1. The normalized spacial score (nSPS) is 19.8. The molecule has 1 aliphatic carbocycles. The number of nitrogens with zero attached hydrogens (tertiary/aromatic N) is 2. The number of hydrogen-bond donors (Lipinski definition) is 0. The number of benzene rings is 1. The van der Waals surface area contributed by atoms with E-state index in [1.54, 1.807) is 18.7 Å². The zero-order valence-electron chi connectivity index (χ0n) is 16.0. The Labute approximate surface area is 160 Å². The Morgan fingerprint density at radius 3 is 2.70 bits per heavy atom. The molecule has 4 rings (SSSR count). The van der Waals surface area contributed by atoms with Crippen LogP contribution in [-0.2, 0) is 6.42 Å². The standard InChI is InChI=1S/C22H26N2O3/c1-15-13-20(23-27-15)22(25)24-12-11-17-5-3-4-6-19(17)21(24)14-16-7-9-18(26-2)10-8-16/h7-10,13,21H,3-6,11-12,14H2,1-2H3/t21-/m1/s1. The van der Waals surface area contributed by atoms with Crippen molar-refractivity contribution in [2.24, 2.45) is 0 Å². The Morgan fingerprint density at radius 1 is 1.22 bits per heavy atom. The molecule has 5 heteroatoms. The Kier molecular flexibility index (Phi) is 5.01. The third-order valence-electron chi connectivity index (χ3n) is 5.76. The second-order valence-electron chi connectivity index (χ2n) is 7.48. The van der Waals surface area contributed by atoms with Crippen LogP contribution >= 0.6 is 0 Å². The van der Waals surface area contributed by atoms with Crippen molar-refractivity contribution in [1.82, 2.24) is 10.1 Å². The molecule has 0 bridgehead atoms. The average Bonchev–Trinajstić information content (AvgIpc) is 3.14. The van der Waals surface area contributed by atoms with Crippen LogP contribution in [0, 0.1) is 6.92 Å². The van der Waals surface area contributed by atoms with Gasteiger partial charge in [0.25, 0.3) is 5.91 Å². The highest BCUT2D eigenvalue weighted by Gasteiger charge is 2.35. The van der Waals surface area contributed by atoms with Crippen molar-refractivity contribution in [2.75, 3.05) is 13.7 Å². The van der Waals surface area contributed by atoms with E-state index in [0.717, 1.165) is 31.6 Å². The van der Waals surface area contributed by atoms with Crippen LogP contribution in [0.4, 0.5) is 0 Å². The summed E-state index contributed by atoms with van der Waals surface area (Å²) in [5.41, 5.74) is 4.67. The molecule has 2 heterocycles. The summed E-state index contributed by atoms with van der Waals surface area (Å²) >= 11 is 0. The summed E-state index contributed by atoms with van der Waals surface area (Å²) in [6, 6.07) is 10.0. The van der Waals surface area contributed by atoms with Gasteiger partial charge in [0.1, 0.15) is 11.5 Å². The molecule has 1 aliphatic heterocycles. The minimum Gasteiger partial charge on any atom is -0.497 e. The first-order chi connectivity index (χ1) is 13.2. The quantitative estimate of drug-likeness (QED) is 0.756. The maximum Gasteiger partial charge on any atom is 0.276 e. The summed E-state index contributed by atoms with van der Waals surface area (Å²) in [5, 5.41) is 3.96. The first-order valence-corrected chi connectivity index (χ1v) is 9.73. The van der Waals surface area contributed by atoms with E-state index in [-0.39, 0.29) is 11.9 Å². The van der Waals surface area contributed by atoms with Crippen molar-refractivity contribution in [2.45, 2.75) is 51.5 Å². The van der Waals surface area contributed by atoms with Gasteiger partial charge in [-0.1, -0.05) is 22.9 Å². The van der Waals surface area contributed by atoms with Gasteiger partial charge in [0.05, 0.1) is 13.2 Å². The third-order valence-corrected chi connectivity index (χ3v) is 5.76. The molecule has 0 N–H and O–H groups in total. The molecule has 0 saturated heterocycles. The molecule has 2 aliphatic rings. The van der Waals surface area contributed by atoms with Crippen molar-refractivity contribution in [3.05, 3.63) is 58.5 Å². The van der Waals surface area contributed by atoms with Crippen LogP contribution in [0.3, 0.4) is 0 Å². The number of amides is 1. The predicted molar refractivity (Wildman–Crippen MR) is 103 cm³/mol.